The smallest absolute Gasteiger partial charge is 0.258 e. The monoisotopic (exact) mass is 459 g/mol. The number of hydrogen-bond donors (Lipinski definition) is 0. The van der Waals surface area contributed by atoms with E-state index in [2.05, 4.69) is 59.3 Å². The van der Waals surface area contributed by atoms with Gasteiger partial charge in [-0.3, -0.25) is 9.69 Å². The van der Waals surface area contributed by atoms with E-state index in [0.717, 1.165) is 51.0 Å². The number of piperidine rings is 1. The third kappa shape index (κ3) is 4.55. The van der Waals surface area contributed by atoms with Gasteiger partial charge in [0.1, 0.15) is 5.15 Å². The number of fused-ring (bicyclic) bond motifs is 2. The molecule has 5 heteroatoms. The minimum Gasteiger partial charge on any atom is -0.307 e. The number of aromatic nitrogens is 1. The lowest BCUT2D eigenvalue weighted by atomic mass is 9.75. The predicted octanol–water partition coefficient (Wildman–Crippen LogP) is 5.95. The number of likely N-dealkylation sites (tertiary alicyclic amines) is 1. The molecule has 4 nitrogen and oxygen atoms in total. The fourth-order valence-corrected chi connectivity index (χ4v) is 5.66. The summed E-state index contributed by atoms with van der Waals surface area (Å²) in [5.41, 5.74) is 5.75. The van der Waals surface area contributed by atoms with Gasteiger partial charge in [-0.15, -0.1) is 0 Å². The Kier molecular flexibility index (Phi) is 6.22. The number of carbonyl (C=O) groups is 1. The van der Waals surface area contributed by atoms with Gasteiger partial charge in [0.05, 0.1) is 0 Å². The van der Waals surface area contributed by atoms with Crippen LogP contribution >= 0.6 is 11.6 Å². The maximum atomic E-state index is 13.4. The highest BCUT2D eigenvalue weighted by molar-refractivity contribution is 6.29. The van der Waals surface area contributed by atoms with Crippen LogP contribution in [0, 0.1) is 0 Å². The molecule has 0 N–H and O–H groups in total. The molecule has 3 heterocycles. The normalized spacial score (nSPS) is 23.0. The van der Waals surface area contributed by atoms with Crippen molar-refractivity contribution in [1.29, 1.82) is 0 Å². The van der Waals surface area contributed by atoms with Gasteiger partial charge >= 0.3 is 0 Å². The molecule has 1 unspecified atom stereocenters. The van der Waals surface area contributed by atoms with E-state index in [1.165, 1.54) is 16.7 Å². The number of benzene rings is 1. The Morgan fingerprint density at radius 3 is 2.88 bits per heavy atom. The maximum absolute atomic E-state index is 13.4. The number of para-hydroxylation sites is 1. The first-order valence-electron chi connectivity index (χ1n) is 11.8. The number of anilines is 1. The zero-order valence-corrected chi connectivity index (χ0v) is 19.9. The number of rotatable bonds is 4. The minimum absolute atomic E-state index is 0.00627. The molecule has 0 radical (unpaired) electrons. The van der Waals surface area contributed by atoms with Crippen LogP contribution < -0.4 is 4.90 Å². The van der Waals surface area contributed by atoms with Crippen molar-refractivity contribution in [3.63, 3.8) is 0 Å². The first kappa shape index (κ1) is 22.1. The molecule has 33 heavy (non-hydrogen) atoms. The summed E-state index contributed by atoms with van der Waals surface area (Å²) in [6.07, 6.45) is 15.2. The highest BCUT2D eigenvalue weighted by Gasteiger charge is 2.46. The van der Waals surface area contributed by atoms with Crippen molar-refractivity contribution in [2.45, 2.75) is 38.0 Å². The van der Waals surface area contributed by atoms with Crippen LogP contribution in [0.4, 0.5) is 5.69 Å². The van der Waals surface area contributed by atoms with Gasteiger partial charge in [0, 0.05) is 42.5 Å². The summed E-state index contributed by atoms with van der Waals surface area (Å²) >= 11 is 6.07. The van der Waals surface area contributed by atoms with Gasteiger partial charge in [-0.2, -0.15) is 0 Å². The van der Waals surface area contributed by atoms with Crippen LogP contribution in [0.1, 0.15) is 48.5 Å². The highest BCUT2D eigenvalue weighted by Crippen LogP contribution is 2.46. The lowest BCUT2D eigenvalue weighted by Crippen LogP contribution is -2.49. The Morgan fingerprint density at radius 1 is 1.18 bits per heavy atom. The second-order valence-corrected chi connectivity index (χ2v) is 9.94. The number of halogens is 1. The summed E-state index contributed by atoms with van der Waals surface area (Å²) in [6.45, 7) is 5.91. The Morgan fingerprint density at radius 2 is 2.06 bits per heavy atom. The quantitative estimate of drug-likeness (QED) is 0.530. The summed E-state index contributed by atoms with van der Waals surface area (Å²) in [6, 6.07) is 11.8. The second kappa shape index (κ2) is 9.28. The minimum atomic E-state index is -0.0286. The van der Waals surface area contributed by atoms with E-state index >= 15 is 0 Å². The van der Waals surface area contributed by atoms with E-state index in [0.29, 0.717) is 17.3 Å². The fourth-order valence-electron chi connectivity index (χ4n) is 5.48. The van der Waals surface area contributed by atoms with Crippen molar-refractivity contribution in [3.8, 4) is 0 Å². The SMILES string of the molecule is CC1=CC=C(/C=C/CN2CCCC3(C2)CN(C(=O)c2ccnc(Cl)c2)c2ccccc23)CC1. The van der Waals surface area contributed by atoms with Crippen LogP contribution in [0.5, 0.6) is 0 Å². The standard InChI is InChI=1S/C28H30ClN3O/c1-21-9-11-22(12-10-21)6-4-16-31-17-5-14-28(19-31)20-32(25-8-3-2-7-24(25)28)27(33)23-13-15-30-26(29)18-23/h2-4,6-9,11,13,15,18H,5,10,12,14,16-17,19-20H2,1H3/b6-4+. The lowest BCUT2D eigenvalue weighted by Gasteiger charge is -2.40. The van der Waals surface area contributed by atoms with Crippen LogP contribution in [-0.2, 0) is 5.41 Å². The van der Waals surface area contributed by atoms with Gasteiger partial charge in [0.2, 0.25) is 0 Å². The average Bonchev–Trinajstić information content (AvgIpc) is 3.14. The number of amides is 1. The van der Waals surface area contributed by atoms with E-state index in [9.17, 15) is 4.79 Å². The Bertz CT molecular complexity index is 1150. The Balaban J connectivity index is 1.35. The van der Waals surface area contributed by atoms with Gasteiger partial charge < -0.3 is 4.90 Å². The zero-order valence-electron chi connectivity index (χ0n) is 19.1. The molecule has 2 aromatic rings. The molecule has 1 saturated heterocycles. The summed E-state index contributed by atoms with van der Waals surface area (Å²) in [4.78, 5) is 22.0. The van der Waals surface area contributed by atoms with Gasteiger partial charge in [0.15, 0.2) is 0 Å². The molecule has 0 saturated carbocycles. The topological polar surface area (TPSA) is 36.4 Å². The lowest BCUT2D eigenvalue weighted by molar-refractivity contribution is 0.0975. The molecule has 1 spiro atoms. The van der Waals surface area contributed by atoms with E-state index in [1.807, 2.05) is 11.0 Å². The van der Waals surface area contributed by atoms with Gasteiger partial charge in [-0.25, -0.2) is 4.98 Å². The molecular weight excluding hydrogens is 430 g/mol. The molecule has 3 aliphatic rings. The zero-order chi connectivity index (χ0) is 22.8. The van der Waals surface area contributed by atoms with E-state index in [4.69, 9.17) is 11.6 Å². The van der Waals surface area contributed by atoms with E-state index < -0.39 is 0 Å². The largest absolute Gasteiger partial charge is 0.307 e. The van der Waals surface area contributed by atoms with E-state index in [-0.39, 0.29) is 11.3 Å². The van der Waals surface area contributed by atoms with Crippen LogP contribution in [-0.4, -0.2) is 42.0 Å². The molecule has 170 valence electrons. The molecule has 1 atom stereocenters. The molecule has 1 fully saturated rings. The summed E-state index contributed by atoms with van der Waals surface area (Å²) in [5.74, 6) is -0.00627. The van der Waals surface area contributed by atoms with Crippen molar-refractivity contribution in [1.82, 2.24) is 9.88 Å². The highest BCUT2D eigenvalue weighted by atomic mass is 35.5. The second-order valence-electron chi connectivity index (χ2n) is 9.55. The van der Waals surface area contributed by atoms with E-state index in [1.54, 1.807) is 18.3 Å². The first-order valence-corrected chi connectivity index (χ1v) is 12.2. The molecule has 1 aromatic carbocycles. The van der Waals surface area contributed by atoms with Crippen molar-refractivity contribution >= 4 is 23.2 Å². The number of pyridine rings is 1. The molecule has 0 bridgehead atoms. The van der Waals surface area contributed by atoms with Crippen molar-refractivity contribution in [3.05, 3.63) is 94.3 Å². The molecule has 1 amide bonds. The summed E-state index contributed by atoms with van der Waals surface area (Å²) in [5, 5.41) is 0.345. The number of allylic oxidation sites excluding steroid dienone is 5. The van der Waals surface area contributed by atoms with Crippen LogP contribution in [0.25, 0.3) is 0 Å². The summed E-state index contributed by atoms with van der Waals surface area (Å²) < 4.78 is 0. The first-order chi connectivity index (χ1) is 16.0. The van der Waals surface area contributed by atoms with Crippen molar-refractivity contribution in [2.24, 2.45) is 0 Å². The fraction of sp³-hybridized carbons (Fsp3) is 0.357. The third-order valence-electron chi connectivity index (χ3n) is 7.19. The molecule has 5 rings (SSSR count). The van der Waals surface area contributed by atoms with Crippen molar-refractivity contribution < 1.29 is 4.79 Å². The molecule has 2 aliphatic heterocycles. The van der Waals surface area contributed by atoms with Crippen LogP contribution in [0.3, 0.4) is 0 Å². The number of carbonyl (C=O) groups excluding carboxylic acids is 1. The van der Waals surface area contributed by atoms with Gasteiger partial charge in [-0.1, -0.05) is 59.7 Å². The average molecular weight is 460 g/mol. The van der Waals surface area contributed by atoms with Crippen LogP contribution in [0.2, 0.25) is 5.15 Å². The third-order valence-corrected chi connectivity index (χ3v) is 7.39. The molecular formula is C28H30ClN3O. The summed E-state index contributed by atoms with van der Waals surface area (Å²) in [7, 11) is 0. The number of nitrogens with zero attached hydrogens (tertiary/aromatic N) is 3. The maximum Gasteiger partial charge on any atom is 0.258 e. The Hall–Kier alpha value is -2.69. The number of hydrogen-bond acceptors (Lipinski definition) is 3. The van der Waals surface area contributed by atoms with Gasteiger partial charge in [0.25, 0.3) is 5.91 Å². The Labute approximate surface area is 201 Å². The van der Waals surface area contributed by atoms with Crippen LogP contribution in [0.15, 0.2) is 78.0 Å². The van der Waals surface area contributed by atoms with Crippen molar-refractivity contribution in [2.75, 3.05) is 31.1 Å². The molecule has 1 aromatic heterocycles. The van der Waals surface area contributed by atoms with Gasteiger partial charge in [-0.05, 0) is 68.5 Å². The predicted molar refractivity (Wildman–Crippen MR) is 135 cm³/mol. The molecule has 1 aliphatic carbocycles.